The summed E-state index contributed by atoms with van der Waals surface area (Å²) in [5.41, 5.74) is 0. The maximum Gasteiger partial charge on any atom is 0.234 e. The Labute approximate surface area is 104 Å². The van der Waals surface area contributed by atoms with Crippen molar-refractivity contribution in [2.45, 2.75) is 58.0 Å². The molecule has 1 unspecified atom stereocenters. The van der Waals surface area contributed by atoms with Crippen molar-refractivity contribution in [3.63, 3.8) is 0 Å². The van der Waals surface area contributed by atoms with Crippen LogP contribution in [0.5, 0.6) is 0 Å². The van der Waals surface area contributed by atoms with Crippen LogP contribution in [0.15, 0.2) is 0 Å². The molecule has 4 heteroatoms. The number of aliphatic hydroxyl groups is 1. The molecule has 4 nitrogen and oxygen atoms in total. The molecule has 0 aromatic heterocycles. The van der Waals surface area contributed by atoms with Crippen LogP contribution in [0.1, 0.15) is 46.0 Å². The minimum Gasteiger partial charge on any atom is -0.396 e. The van der Waals surface area contributed by atoms with Crippen LogP contribution in [0.25, 0.3) is 0 Å². The Morgan fingerprint density at radius 2 is 2.24 bits per heavy atom. The van der Waals surface area contributed by atoms with Crippen LogP contribution < -0.4 is 5.32 Å². The summed E-state index contributed by atoms with van der Waals surface area (Å²) in [5, 5.41) is 11.9. The van der Waals surface area contributed by atoms with Crippen LogP contribution >= 0.6 is 0 Å². The van der Waals surface area contributed by atoms with Gasteiger partial charge in [0.2, 0.25) is 5.91 Å². The van der Waals surface area contributed by atoms with Gasteiger partial charge in [0.15, 0.2) is 0 Å². The second-order valence-corrected chi connectivity index (χ2v) is 5.01. The third-order valence-corrected chi connectivity index (χ3v) is 3.56. The van der Waals surface area contributed by atoms with E-state index in [-0.39, 0.29) is 18.6 Å². The fourth-order valence-electron chi connectivity index (χ4n) is 2.02. The van der Waals surface area contributed by atoms with E-state index < -0.39 is 0 Å². The molecule has 0 saturated heterocycles. The summed E-state index contributed by atoms with van der Waals surface area (Å²) in [6.07, 6.45) is 5.39. The molecule has 1 aliphatic rings. The van der Waals surface area contributed by atoms with Gasteiger partial charge < -0.3 is 10.4 Å². The van der Waals surface area contributed by atoms with E-state index in [4.69, 9.17) is 5.11 Å². The number of hydrogen-bond donors (Lipinski definition) is 2. The maximum absolute atomic E-state index is 11.8. The van der Waals surface area contributed by atoms with Gasteiger partial charge in [-0.1, -0.05) is 13.3 Å². The molecule has 0 heterocycles. The summed E-state index contributed by atoms with van der Waals surface area (Å²) in [7, 11) is 0. The first-order valence-electron chi connectivity index (χ1n) is 6.81. The zero-order valence-corrected chi connectivity index (χ0v) is 11.1. The fraction of sp³-hybridized carbons (Fsp3) is 0.923. The Hall–Kier alpha value is -0.610. The molecule has 100 valence electrons. The molecule has 1 rings (SSSR count). The molecule has 1 aliphatic carbocycles. The highest BCUT2D eigenvalue weighted by Crippen LogP contribution is 2.24. The highest BCUT2D eigenvalue weighted by atomic mass is 16.3. The summed E-state index contributed by atoms with van der Waals surface area (Å²) in [6, 6.07) is 0.813. The number of carbonyl (C=O) groups excluding carboxylic acids is 1. The molecule has 0 spiro atoms. The predicted molar refractivity (Wildman–Crippen MR) is 68.8 cm³/mol. The first kappa shape index (κ1) is 14.5. The fourth-order valence-corrected chi connectivity index (χ4v) is 2.02. The van der Waals surface area contributed by atoms with Crippen molar-refractivity contribution in [3.8, 4) is 0 Å². The van der Waals surface area contributed by atoms with Crippen molar-refractivity contribution in [1.29, 1.82) is 0 Å². The summed E-state index contributed by atoms with van der Waals surface area (Å²) in [4.78, 5) is 14.0. The molecule has 0 aromatic rings. The van der Waals surface area contributed by atoms with E-state index in [0.717, 1.165) is 19.4 Å². The molecule has 0 radical (unpaired) electrons. The minimum atomic E-state index is 0.115. The Kier molecular flexibility index (Phi) is 6.52. The van der Waals surface area contributed by atoms with Crippen LogP contribution in [-0.4, -0.2) is 47.7 Å². The molecular formula is C13H26N2O2. The maximum atomic E-state index is 11.8. The largest absolute Gasteiger partial charge is 0.396 e. The van der Waals surface area contributed by atoms with E-state index in [1.54, 1.807) is 0 Å². The molecule has 2 N–H and O–H groups in total. The van der Waals surface area contributed by atoms with Gasteiger partial charge in [-0.2, -0.15) is 0 Å². The zero-order chi connectivity index (χ0) is 12.7. The minimum absolute atomic E-state index is 0.115. The van der Waals surface area contributed by atoms with Crippen molar-refractivity contribution < 1.29 is 9.90 Å². The van der Waals surface area contributed by atoms with Gasteiger partial charge in [-0.3, -0.25) is 9.69 Å². The standard InChI is InChI=1S/C13H26N2O2/c1-3-11(2)14-13(17)10-15(8-5-9-16)12-6-4-7-12/h11-12,16H,3-10H2,1-2H3,(H,14,17). The monoisotopic (exact) mass is 242 g/mol. The predicted octanol–water partition coefficient (Wildman–Crippen LogP) is 1.14. The molecule has 0 bridgehead atoms. The number of carbonyl (C=O) groups is 1. The molecule has 17 heavy (non-hydrogen) atoms. The van der Waals surface area contributed by atoms with E-state index >= 15 is 0 Å². The van der Waals surface area contributed by atoms with Gasteiger partial charge in [-0.25, -0.2) is 0 Å². The van der Waals surface area contributed by atoms with Crippen molar-refractivity contribution in [1.82, 2.24) is 10.2 Å². The van der Waals surface area contributed by atoms with E-state index in [1.165, 1.54) is 19.3 Å². The molecule has 0 aromatic carbocycles. The third-order valence-electron chi connectivity index (χ3n) is 3.56. The highest BCUT2D eigenvalue weighted by molar-refractivity contribution is 5.78. The molecule has 1 fully saturated rings. The average molecular weight is 242 g/mol. The van der Waals surface area contributed by atoms with Gasteiger partial charge in [0.25, 0.3) is 0 Å². The van der Waals surface area contributed by atoms with Crippen molar-refractivity contribution >= 4 is 5.91 Å². The van der Waals surface area contributed by atoms with Gasteiger partial charge in [0.1, 0.15) is 0 Å². The Bertz CT molecular complexity index is 229. The third kappa shape index (κ3) is 5.04. The Morgan fingerprint density at radius 3 is 2.71 bits per heavy atom. The van der Waals surface area contributed by atoms with E-state index in [1.807, 2.05) is 6.92 Å². The van der Waals surface area contributed by atoms with Crippen molar-refractivity contribution in [2.75, 3.05) is 19.7 Å². The SMILES string of the molecule is CCC(C)NC(=O)CN(CCCO)C1CCC1. The number of amides is 1. The van der Waals surface area contributed by atoms with Gasteiger partial charge in [0, 0.05) is 25.2 Å². The Morgan fingerprint density at radius 1 is 1.53 bits per heavy atom. The number of nitrogens with zero attached hydrogens (tertiary/aromatic N) is 1. The van der Waals surface area contributed by atoms with Crippen LogP contribution in [0, 0.1) is 0 Å². The van der Waals surface area contributed by atoms with E-state index in [2.05, 4.69) is 17.1 Å². The second-order valence-electron chi connectivity index (χ2n) is 5.01. The van der Waals surface area contributed by atoms with Gasteiger partial charge in [0.05, 0.1) is 6.54 Å². The molecule has 1 atom stereocenters. The van der Waals surface area contributed by atoms with E-state index in [0.29, 0.717) is 12.6 Å². The lowest BCUT2D eigenvalue weighted by molar-refractivity contribution is -0.124. The molecule has 1 saturated carbocycles. The van der Waals surface area contributed by atoms with Crippen LogP contribution in [-0.2, 0) is 4.79 Å². The number of hydrogen-bond acceptors (Lipinski definition) is 3. The molecule has 0 aliphatic heterocycles. The highest BCUT2D eigenvalue weighted by Gasteiger charge is 2.26. The van der Waals surface area contributed by atoms with Crippen LogP contribution in [0.3, 0.4) is 0 Å². The average Bonchev–Trinajstić information content (AvgIpc) is 2.23. The first-order valence-corrected chi connectivity index (χ1v) is 6.81. The topological polar surface area (TPSA) is 52.6 Å². The quantitative estimate of drug-likeness (QED) is 0.671. The lowest BCUT2D eigenvalue weighted by Crippen LogP contribution is -2.47. The van der Waals surface area contributed by atoms with Gasteiger partial charge in [-0.05, 0) is 32.6 Å². The number of aliphatic hydroxyl groups excluding tert-OH is 1. The summed E-state index contributed by atoms with van der Waals surface area (Å²) in [5.74, 6) is 0.115. The van der Waals surface area contributed by atoms with Gasteiger partial charge >= 0.3 is 0 Å². The summed E-state index contributed by atoms with van der Waals surface area (Å²) < 4.78 is 0. The summed E-state index contributed by atoms with van der Waals surface area (Å²) in [6.45, 7) is 5.61. The second kappa shape index (κ2) is 7.67. The summed E-state index contributed by atoms with van der Waals surface area (Å²) >= 11 is 0. The lowest BCUT2D eigenvalue weighted by atomic mass is 9.91. The zero-order valence-electron chi connectivity index (χ0n) is 11.1. The molecular weight excluding hydrogens is 216 g/mol. The lowest BCUT2D eigenvalue weighted by Gasteiger charge is -2.37. The Balaban J connectivity index is 2.33. The molecule has 1 amide bonds. The number of nitrogens with one attached hydrogen (secondary N) is 1. The van der Waals surface area contributed by atoms with Crippen LogP contribution in [0.4, 0.5) is 0 Å². The number of rotatable bonds is 8. The first-order chi connectivity index (χ1) is 8.17. The van der Waals surface area contributed by atoms with Crippen molar-refractivity contribution in [3.05, 3.63) is 0 Å². The normalized spacial score (nSPS) is 17.9. The van der Waals surface area contributed by atoms with Crippen molar-refractivity contribution in [2.24, 2.45) is 0 Å². The smallest absolute Gasteiger partial charge is 0.234 e. The van der Waals surface area contributed by atoms with Gasteiger partial charge in [-0.15, -0.1) is 0 Å². The van der Waals surface area contributed by atoms with Crippen LogP contribution in [0.2, 0.25) is 0 Å². The van der Waals surface area contributed by atoms with E-state index in [9.17, 15) is 4.79 Å².